The molecule has 2 aromatic rings. The minimum atomic E-state index is -0.372. The molecule has 0 aliphatic heterocycles. The quantitative estimate of drug-likeness (QED) is 0.813. The highest BCUT2D eigenvalue weighted by Gasteiger charge is 2.08. The van der Waals surface area contributed by atoms with E-state index in [4.69, 9.17) is 5.11 Å². The van der Waals surface area contributed by atoms with Gasteiger partial charge in [-0.15, -0.1) is 0 Å². The average Bonchev–Trinajstić information content (AvgIpc) is 2.81. The first-order valence-electron chi connectivity index (χ1n) is 5.73. The van der Waals surface area contributed by atoms with Crippen LogP contribution in [0.15, 0.2) is 30.3 Å². The average molecular weight is 245 g/mol. The molecule has 1 aromatic heterocycles. The van der Waals surface area contributed by atoms with Crippen LogP contribution in [0.1, 0.15) is 22.5 Å². The van der Waals surface area contributed by atoms with Gasteiger partial charge in [0.1, 0.15) is 5.69 Å². The number of ether oxygens (including phenoxy) is 1. The Hall–Kier alpha value is -2.07. The van der Waals surface area contributed by atoms with Crippen molar-refractivity contribution in [3.05, 3.63) is 41.6 Å². The fourth-order valence-corrected chi connectivity index (χ4v) is 1.76. The highest BCUT2D eigenvalue weighted by molar-refractivity contribution is 5.95. The van der Waals surface area contributed by atoms with Gasteiger partial charge in [-0.3, -0.25) is 0 Å². The Bertz CT molecular complexity index is 584. The topological polar surface area (TPSA) is 62.3 Å². The minimum absolute atomic E-state index is 0.147. The highest BCUT2D eigenvalue weighted by Crippen LogP contribution is 2.18. The van der Waals surface area contributed by atoms with Gasteiger partial charge in [-0.2, -0.15) is 0 Å². The molecule has 0 aliphatic carbocycles. The summed E-state index contributed by atoms with van der Waals surface area (Å²) in [7, 11) is 1.36. The largest absolute Gasteiger partial charge is 0.464 e. The van der Waals surface area contributed by atoms with Crippen LogP contribution in [-0.2, 0) is 4.74 Å². The molecular formula is C14H15NO3. The second kappa shape index (κ2) is 5.51. The van der Waals surface area contributed by atoms with E-state index in [2.05, 4.69) is 9.72 Å². The van der Waals surface area contributed by atoms with E-state index < -0.39 is 0 Å². The molecule has 0 bridgehead atoms. The molecule has 2 N–H and O–H groups in total. The number of hydrogen-bond donors (Lipinski definition) is 2. The molecule has 1 heterocycles. The predicted octanol–water partition coefficient (Wildman–Crippen LogP) is 2.35. The molecule has 4 nitrogen and oxygen atoms in total. The van der Waals surface area contributed by atoms with Crippen molar-refractivity contribution in [2.45, 2.75) is 6.42 Å². The lowest BCUT2D eigenvalue weighted by Crippen LogP contribution is -2.00. The normalized spacial score (nSPS) is 11.2. The van der Waals surface area contributed by atoms with Crippen molar-refractivity contribution in [2.24, 2.45) is 0 Å². The summed E-state index contributed by atoms with van der Waals surface area (Å²) in [6.45, 7) is 0.147. The first kappa shape index (κ1) is 12.4. The number of H-pyrrole nitrogens is 1. The fraction of sp³-hybridized carbons (Fsp3) is 0.214. The summed E-state index contributed by atoms with van der Waals surface area (Å²) in [6, 6.07) is 7.63. The van der Waals surface area contributed by atoms with E-state index >= 15 is 0 Å². The number of aliphatic hydroxyl groups excluding tert-OH is 1. The van der Waals surface area contributed by atoms with Crippen LogP contribution in [0.2, 0.25) is 0 Å². The number of methoxy groups -OCH3 is 1. The van der Waals surface area contributed by atoms with E-state index in [0.717, 1.165) is 16.5 Å². The number of esters is 1. The van der Waals surface area contributed by atoms with E-state index in [9.17, 15) is 4.79 Å². The molecule has 94 valence electrons. The molecular weight excluding hydrogens is 230 g/mol. The van der Waals surface area contributed by atoms with Gasteiger partial charge in [-0.1, -0.05) is 24.3 Å². The van der Waals surface area contributed by atoms with Crippen LogP contribution in [0.25, 0.3) is 17.0 Å². The molecule has 0 radical (unpaired) electrons. The third kappa shape index (κ3) is 2.60. The monoisotopic (exact) mass is 245 g/mol. The zero-order valence-corrected chi connectivity index (χ0v) is 10.1. The van der Waals surface area contributed by atoms with Gasteiger partial charge in [-0.25, -0.2) is 4.79 Å². The lowest BCUT2D eigenvalue weighted by molar-refractivity contribution is 0.0595. The summed E-state index contributed by atoms with van der Waals surface area (Å²) >= 11 is 0. The number of carbonyl (C=O) groups excluding carboxylic acids is 1. The van der Waals surface area contributed by atoms with Crippen LogP contribution in [0, 0.1) is 0 Å². The van der Waals surface area contributed by atoms with Gasteiger partial charge in [0.25, 0.3) is 0 Å². The summed E-state index contributed by atoms with van der Waals surface area (Å²) in [5, 5.41) is 9.67. The second-order valence-electron chi connectivity index (χ2n) is 3.94. The molecule has 0 unspecified atom stereocenters. The standard InChI is InChI=1S/C14H15NO3/c1-18-14(17)13-9-11-6-5-10(4-2-3-7-16)8-12(11)15-13/h2,4-6,8-9,15-16H,3,7H2,1H3. The Kier molecular flexibility index (Phi) is 3.79. The maximum atomic E-state index is 11.4. The van der Waals surface area contributed by atoms with E-state index in [1.807, 2.05) is 30.4 Å². The Balaban J connectivity index is 2.30. The Labute approximate surface area is 105 Å². The third-order valence-corrected chi connectivity index (χ3v) is 2.66. The number of carbonyl (C=O) groups is 1. The van der Waals surface area contributed by atoms with Crippen molar-refractivity contribution in [1.29, 1.82) is 0 Å². The second-order valence-corrected chi connectivity index (χ2v) is 3.94. The SMILES string of the molecule is COC(=O)c1cc2ccc(C=CCCO)cc2[nH]1. The van der Waals surface area contributed by atoms with Crippen molar-refractivity contribution in [2.75, 3.05) is 13.7 Å². The number of fused-ring (bicyclic) bond motifs is 1. The Morgan fingerprint density at radius 1 is 1.44 bits per heavy atom. The molecule has 18 heavy (non-hydrogen) atoms. The summed E-state index contributed by atoms with van der Waals surface area (Å²) in [6.07, 6.45) is 4.48. The zero-order valence-electron chi connectivity index (χ0n) is 10.1. The van der Waals surface area contributed by atoms with E-state index in [1.165, 1.54) is 7.11 Å². The first-order chi connectivity index (χ1) is 8.74. The van der Waals surface area contributed by atoms with Crippen molar-refractivity contribution < 1.29 is 14.6 Å². The van der Waals surface area contributed by atoms with Crippen molar-refractivity contribution >= 4 is 22.9 Å². The molecule has 0 saturated carbocycles. The van der Waals surface area contributed by atoms with Gasteiger partial charge in [0, 0.05) is 17.5 Å². The number of benzene rings is 1. The van der Waals surface area contributed by atoms with Crippen LogP contribution in [-0.4, -0.2) is 29.8 Å². The van der Waals surface area contributed by atoms with Gasteiger partial charge in [0.2, 0.25) is 0 Å². The first-order valence-corrected chi connectivity index (χ1v) is 5.73. The lowest BCUT2D eigenvalue weighted by Gasteiger charge is -1.94. The molecule has 0 saturated heterocycles. The van der Waals surface area contributed by atoms with Crippen LogP contribution in [0.4, 0.5) is 0 Å². The molecule has 0 atom stereocenters. The third-order valence-electron chi connectivity index (χ3n) is 2.66. The van der Waals surface area contributed by atoms with Gasteiger partial charge in [-0.05, 0) is 24.1 Å². The number of rotatable bonds is 4. The number of aliphatic hydroxyl groups is 1. The smallest absolute Gasteiger partial charge is 0.354 e. The van der Waals surface area contributed by atoms with Crippen molar-refractivity contribution in [1.82, 2.24) is 4.98 Å². The summed E-state index contributed by atoms with van der Waals surface area (Å²) in [5.74, 6) is -0.372. The molecule has 0 aliphatic rings. The summed E-state index contributed by atoms with van der Waals surface area (Å²) in [4.78, 5) is 14.4. The number of aromatic nitrogens is 1. The Morgan fingerprint density at radius 2 is 2.28 bits per heavy atom. The van der Waals surface area contributed by atoms with E-state index in [-0.39, 0.29) is 12.6 Å². The van der Waals surface area contributed by atoms with Crippen LogP contribution in [0.5, 0.6) is 0 Å². The fourth-order valence-electron chi connectivity index (χ4n) is 1.76. The molecule has 0 fully saturated rings. The molecule has 2 rings (SSSR count). The van der Waals surface area contributed by atoms with Gasteiger partial charge in [0.15, 0.2) is 0 Å². The number of aromatic amines is 1. The number of nitrogens with one attached hydrogen (secondary N) is 1. The number of hydrogen-bond acceptors (Lipinski definition) is 3. The predicted molar refractivity (Wildman–Crippen MR) is 70.4 cm³/mol. The lowest BCUT2D eigenvalue weighted by atomic mass is 10.1. The summed E-state index contributed by atoms with van der Waals surface area (Å²) < 4.78 is 4.66. The zero-order chi connectivity index (χ0) is 13.0. The van der Waals surface area contributed by atoms with Crippen molar-refractivity contribution in [3.8, 4) is 0 Å². The maximum Gasteiger partial charge on any atom is 0.354 e. The summed E-state index contributed by atoms with van der Waals surface area (Å²) in [5.41, 5.74) is 2.36. The Morgan fingerprint density at radius 3 is 3.00 bits per heavy atom. The maximum absolute atomic E-state index is 11.4. The molecule has 0 spiro atoms. The van der Waals surface area contributed by atoms with E-state index in [0.29, 0.717) is 12.1 Å². The van der Waals surface area contributed by atoms with Crippen LogP contribution < -0.4 is 0 Å². The van der Waals surface area contributed by atoms with E-state index in [1.54, 1.807) is 6.07 Å². The minimum Gasteiger partial charge on any atom is -0.464 e. The van der Waals surface area contributed by atoms with Crippen molar-refractivity contribution in [3.63, 3.8) is 0 Å². The van der Waals surface area contributed by atoms with Gasteiger partial charge in [0.05, 0.1) is 7.11 Å². The van der Waals surface area contributed by atoms with Gasteiger partial charge < -0.3 is 14.8 Å². The highest BCUT2D eigenvalue weighted by atomic mass is 16.5. The van der Waals surface area contributed by atoms with Crippen LogP contribution in [0.3, 0.4) is 0 Å². The molecule has 4 heteroatoms. The molecule has 0 amide bonds. The molecule has 1 aromatic carbocycles. The van der Waals surface area contributed by atoms with Gasteiger partial charge >= 0.3 is 5.97 Å². The van der Waals surface area contributed by atoms with Crippen LogP contribution >= 0.6 is 0 Å².